The molecule has 778 valence electrons. The van der Waals surface area contributed by atoms with Gasteiger partial charge in [-0.15, -0.1) is 12.4 Å². The Morgan fingerprint density at radius 2 is 0.689 bits per heavy atom. The van der Waals surface area contributed by atoms with Gasteiger partial charge in [0, 0.05) is 106 Å². The lowest BCUT2D eigenvalue weighted by Crippen LogP contribution is -2.48. The number of nitrogens with zero attached hydrogens (tertiary/aromatic N) is 18. The molecule has 5 atom stereocenters. The minimum Gasteiger partial charge on any atom is -0.478 e. The van der Waals surface area contributed by atoms with E-state index in [1.165, 1.54) is 98.9 Å². The summed E-state index contributed by atoms with van der Waals surface area (Å²) in [5.41, 5.74) is 0.515. The molecule has 0 spiro atoms. The highest BCUT2D eigenvalue weighted by molar-refractivity contribution is 6.35. The van der Waals surface area contributed by atoms with Crippen LogP contribution in [0.3, 0.4) is 0 Å². The van der Waals surface area contributed by atoms with Gasteiger partial charge in [-0.1, -0.05) is 107 Å². The van der Waals surface area contributed by atoms with Crippen molar-refractivity contribution in [2.24, 2.45) is 0 Å². The summed E-state index contributed by atoms with van der Waals surface area (Å²) in [6.07, 6.45) is -11.9. The zero-order valence-electron chi connectivity index (χ0n) is 77.1. The molecule has 4 aromatic carbocycles. The van der Waals surface area contributed by atoms with Crippen LogP contribution in [-0.4, -0.2) is 235 Å². The number of fused-ring (bicyclic) bond motifs is 16. The van der Waals surface area contributed by atoms with Crippen LogP contribution in [-0.2, 0) is 24.7 Å². The van der Waals surface area contributed by atoms with Crippen molar-refractivity contribution in [3.63, 3.8) is 0 Å². The number of aliphatic hydroxyl groups excluding tert-OH is 5. The normalized spacial score (nSPS) is 16.7. The summed E-state index contributed by atoms with van der Waals surface area (Å²) in [7, 11) is 0. The molecular weight excluding hydrogens is 2070 g/mol. The first-order chi connectivity index (χ1) is 70.4. The van der Waals surface area contributed by atoms with Crippen molar-refractivity contribution < 1.29 is 116 Å². The van der Waals surface area contributed by atoms with Gasteiger partial charge in [-0.05, 0) is 117 Å². The highest BCUT2D eigenvalue weighted by Crippen LogP contribution is 2.51. The standard InChI is InChI=1S/C25H23ClF3N5O4.C25H23ClF3N5O3.2C23H20ClF3N6O3.ClH/c26-18-10-19-23(32-22(18)14-3-1-4-15(9-14)25(27,28)29)34(16-7-8-33(19)11-16)24(37)31-20-5-2-6-21(30-20)38-13-17(36)12-35;26-18-13-19-23(32-22(18)15-4-1-5-16(12-15)25(27,28)29)34(17-8-9-33(19)14-17)24(36)31-20-6-2-7-21(30-20)37-11-3-10-35;24-16-11-17-20(31-19(16)13-2-1-3-14(10-13)23(25,26)27)33(15-5-7-32(17)12-15)22(35)30-18-4-6-28-21(29-18)36-9-8-34;24-16-9-17-21(31-20(16)13-2-1-3-14(8-13)23(25,26)27)33(15-4-5-32(17)12-15)22(35)30-18-10-28-11-19(29-18)36-7-6-34;/h1-6,9-10,16-17,35-36H,7-8,11-13H2,(H,30,31,37);1-2,4-7,12-13,17,35H,3,8-11,14H2,(H,30,31,36);1-4,6,10-11,15,34H,5,7-9,12H2,(H,28,29,30,35);1-3,8-11,15,34H,4-7,12H2,(H,29,30,35);1H/t16-,17-;17-;2*15-;/m0000./s1. The molecule has 4 fully saturated rings. The number of aromatic nitrogens is 10. The average molecular weight is 2160 g/mol. The van der Waals surface area contributed by atoms with Crippen LogP contribution in [0.15, 0.2) is 182 Å². The minimum absolute atomic E-state index is 0. The van der Waals surface area contributed by atoms with Crippen molar-refractivity contribution in [3.05, 3.63) is 225 Å². The summed E-state index contributed by atoms with van der Waals surface area (Å²) in [5.74, 6) is 2.51. The van der Waals surface area contributed by atoms with Crippen LogP contribution in [0.5, 0.6) is 23.7 Å². The molecule has 35 nitrogen and oxygen atoms in total. The molecule has 8 aromatic heterocycles. The van der Waals surface area contributed by atoms with E-state index in [2.05, 4.69) is 76.0 Å². The summed E-state index contributed by atoms with van der Waals surface area (Å²) < 4.78 is 181. The third-order valence-electron chi connectivity index (χ3n) is 24.3. The van der Waals surface area contributed by atoms with Crippen molar-refractivity contribution in [1.29, 1.82) is 0 Å². The van der Waals surface area contributed by atoms with Crippen molar-refractivity contribution in [1.82, 2.24) is 49.8 Å². The fourth-order valence-corrected chi connectivity index (χ4v) is 18.7. The van der Waals surface area contributed by atoms with Crippen molar-refractivity contribution >= 4 is 152 Å². The van der Waals surface area contributed by atoms with Gasteiger partial charge in [0.2, 0.25) is 17.6 Å². The number of ether oxygens (including phenoxy) is 4. The Kier molecular flexibility index (Phi) is 32.6. The number of carbonyl (C=O) groups excluding carboxylic acids is 4. The van der Waals surface area contributed by atoms with Gasteiger partial charge in [-0.3, -0.25) is 45.9 Å². The Morgan fingerprint density at radius 1 is 0.372 bits per heavy atom. The van der Waals surface area contributed by atoms with Gasteiger partial charge >= 0.3 is 54.8 Å². The molecule has 0 saturated carbocycles. The van der Waals surface area contributed by atoms with Crippen molar-refractivity contribution in [2.45, 2.75) is 87.1 Å². The number of carbonyl (C=O) groups is 4. The second kappa shape index (κ2) is 45.3. The Hall–Kier alpha value is -14.2. The van der Waals surface area contributed by atoms with E-state index in [0.717, 1.165) is 48.5 Å². The molecule has 0 aliphatic carbocycles. The monoisotopic (exact) mass is 2160 g/mol. The molecule has 9 N–H and O–H groups in total. The summed E-state index contributed by atoms with van der Waals surface area (Å²) in [5, 5.41) is 56.8. The summed E-state index contributed by atoms with van der Waals surface area (Å²) >= 11 is 25.9. The van der Waals surface area contributed by atoms with Gasteiger partial charge in [-0.2, -0.15) is 72.6 Å². The van der Waals surface area contributed by atoms with E-state index in [1.54, 1.807) is 54.6 Å². The largest absolute Gasteiger partial charge is 0.478 e. The number of aliphatic hydroxyl groups is 5. The van der Waals surface area contributed by atoms with Crippen LogP contribution in [0.4, 0.5) is 141 Å². The van der Waals surface area contributed by atoms with E-state index in [-0.39, 0.29) is 195 Å². The molecule has 8 amide bonds. The zero-order valence-corrected chi connectivity index (χ0v) is 80.9. The summed E-state index contributed by atoms with van der Waals surface area (Å²) in [4.78, 5) is 111. The number of halogens is 17. The summed E-state index contributed by atoms with van der Waals surface area (Å²) in [6.45, 7) is 4.18. The lowest BCUT2D eigenvalue weighted by atomic mass is 10.1. The predicted octanol–water partition coefficient (Wildman–Crippen LogP) is 18.2. The number of hydrogen-bond acceptors (Lipinski definition) is 27. The quantitative estimate of drug-likeness (QED) is 0.0225. The molecule has 0 radical (unpaired) electrons. The van der Waals surface area contributed by atoms with Crippen LogP contribution in [0.2, 0.25) is 20.1 Å². The topological polar surface area (TPSA) is 409 Å². The molecule has 4 saturated heterocycles. The maximum Gasteiger partial charge on any atom is 0.416 e. The first-order valence-electron chi connectivity index (χ1n) is 45.5. The maximum absolute atomic E-state index is 13.5. The number of pyridine rings is 6. The number of urea groups is 4. The number of amides is 8. The highest BCUT2D eigenvalue weighted by atomic mass is 35.5. The predicted molar refractivity (Wildman–Crippen MR) is 528 cm³/mol. The number of alkyl halides is 12. The van der Waals surface area contributed by atoms with Gasteiger partial charge < -0.3 is 64.1 Å². The third-order valence-corrected chi connectivity index (χ3v) is 25.5. The molecule has 8 bridgehead atoms. The molecule has 52 heteroatoms. The highest BCUT2D eigenvalue weighted by Gasteiger charge is 2.48. The van der Waals surface area contributed by atoms with Gasteiger partial charge in [0.1, 0.15) is 43.4 Å². The molecular formula is C96H87Cl5F12N22O13. The van der Waals surface area contributed by atoms with E-state index in [1.807, 2.05) is 14.7 Å². The Morgan fingerprint density at radius 3 is 1.03 bits per heavy atom. The molecule has 12 aromatic rings. The van der Waals surface area contributed by atoms with Gasteiger partial charge in [0.15, 0.2) is 29.1 Å². The van der Waals surface area contributed by atoms with Gasteiger partial charge in [-0.25, -0.2) is 44.1 Å². The summed E-state index contributed by atoms with van der Waals surface area (Å²) in [6, 6.07) is 33.8. The van der Waals surface area contributed by atoms with E-state index < -0.39 is 83.8 Å². The number of hydrogen-bond donors (Lipinski definition) is 9. The molecule has 8 aliphatic heterocycles. The number of anilines is 12. The smallest absolute Gasteiger partial charge is 0.416 e. The second-order valence-corrected chi connectivity index (χ2v) is 35.8. The van der Waals surface area contributed by atoms with Crippen molar-refractivity contribution in [2.75, 3.05) is 166 Å². The van der Waals surface area contributed by atoms with E-state index >= 15 is 0 Å². The lowest BCUT2D eigenvalue weighted by Gasteiger charge is -2.36. The lowest BCUT2D eigenvalue weighted by molar-refractivity contribution is -0.138. The third kappa shape index (κ3) is 24.1. The van der Waals surface area contributed by atoms with E-state index in [9.17, 15) is 77.0 Å². The first-order valence-corrected chi connectivity index (χ1v) is 47.0. The Labute approximate surface area is 859 Å². The second-order valence-electron chi connectivity index (χ2n) is 34.1. The first kappa shape index (κ1) is 107. The van der Waals surface area contributed by atoms with Gasteiger partial charge in [0.05, 0.1) is 151 Å². The Bertz CT molecular complexity index is 6710. The zero-order chi connectivity index (χ0) is 104. The van der Waals surface area contributed by atoms with E-state index in [4.69, 9.17) is 85.8 Å². The van der Waals surface area contributed by atoms with E-state index in [0.29, 0.717) is 131 Å². The number of benzene rings is 4. The molecule has 0 unspecified atom stereocenters. The van der Waals surface area contributed by atoms with Crippen LogP contribution in [0.1, 0.15) is 54.4 Å². The van der Waals surface area contributed by atoms with Crippen molar-refractivity contribution in [3.8, 4) is 68.7 Å². The molecule has 20 rings (SSSR count). The van der Waals surface area contributed by atoms with Crippen LogP contribution in [0.25, 0.3) is 45.0 Å². The fourth-order valence-electron chi connectivity index (χ4n) is 17.7. The number of nitrogens with one attached hydrogen (secondary N) is 4. The average Bonchev–Trinajstić information content (AvgIpc) is 1.53. The minimum atomic E-state index is -4.53. The fraction of sp³-hybridized carbons (Fsp3) is 0.312. The van der Waals surface area contributed by atoms with Gasteiger partial charge in [0.25, 0.3) is 0 Å². The molecule has 8 aliphatic rings. The number of rotatable bonds is 22. The SMILES string of the molecule is Cl.O=C(Nc1cccc(OCCCO)n1)N1c2nc(-c3cccc(C(F)(F)F)c3)c(Cl)cc2N2CC[C@H]1C2.O=C(Nc1cccc(OC[C@@H](O)CO)n1)N1c2nc(-c3cccc(C(F)(F)F)c3)c(Cl)cc2N2CC[C@H]1C2.O=C(Nc1ccnc(OCCO)n1)N1c2nc(-c3cccc(C(F)(F)F)c3)c(Cl)cc2N2CC[C@H]1C2.O=C(Nc1cncc(OCCO)n1)N1c2nc(-c3cccc(C(F)(F)F)c3)c(Cl)cc2N2CC[C@H]1C2. The van der Waals surface area contributed by atoms with Crippen LogP contribution in [0, 0.1) is 0 Å². The Balaban J connectivity index is 0.000000141. The van der Waals surface area contributed by atoms with Crippen LogP contribution >= 0.6 is 58.8 Å². The molecule has 148 heavy (non-hydrogen) atoms. The molecule has 16 heterocycles. The van der Waals surface area contributed by atoms with Crippen LogP contribution < -0.4 is 79.4 Å². The maximum atomic E-state index is 13.5.